The van der Waals surface area contributed by atoms with Crippen LogP contribution in [0.2, 0.25) is 5.02 Å². The third kappa shape index (κ3) is 4.19. The highest BCUT2D eigenvalue weighted by atomic mass is 35.5. The molecule has 7 nitrogen and oxygen atoms in total. The molecule has 0 radical (unpaired) electrons. The van der Waals surface area contributed by atoms with Gasteiger partial charge in [-0.1, -0.05) is 23.7 Å². The molecule has 0 spiro atoms. The lowest BCUT2D eigenvalue weighted by Crippen LogP contribution is -2.15. The Morgan fingerprint density at radius 3 is 2.72 bits per heavy atom. The molecule has 2 aromatic heterocycles. The largest absolute Gasteiger partial charge is 0.480 e. The van der Waals surface area contributed by atoms with Crippen LogP contribution in [0.25, 0.3) is 11.5 Å². The van der Waals surface area contributed by atoms with Crippen LogP contribution in [0.4, 0.5) is 0 Å². The second-order valence-corrected chi connectivity index (χ2v) is 5.61. The molecule has 0 fully saturated rings. The Kier molecular flexibility index (Phi) is 5.04. The van der Waals surface area contributed by atoms with Crippen molar-refractivity contribution in [3.05, 3.63) is 52.8 Å². The molecular formula is C17H15ClN2O5. The molecule has 0 aliphatic carbocycles. The quantitative estimate of drug-likeness (QED) is 0.617. The predicted molar refractivity (Wildman–Crippen MR) is 88.2 cm³/mol. The summed E-state index contributed by atoms with van der Waals surface area (Å²) >= 11 is 5.94. The maximum absolute atomic E-state index is 11.7. The average Bonchev–Trinajstić information content (AvgIpc) is 3.18. The van der Waals surface area contributed by atoms with Crippen molar-refractivity contribution in [1.29, 1.82) is 0 Å². The molecule has 2 heterocycles. The molecule has 0 saturated carbocycles. The number of para-hydroxylation sites is 1. The molecule has 0 amide bonds. The highest BCUT2D eigenvalue weighted by Gasteiger charge is 2.16. The highest BCUT2D eigenvalue weighted by molar-refractivity contribution is 6.32. The Balaban J connectivity index is 1.53. The third-order valence-corrected chi connectivity index (χ3v) is 3.59. The van der Waals surface area contributed by atoms with E-state index in [1.165, 1.54) is 0 Å². The van der Waals surface area contributed by atoms with Gasteiger partial charge in [0.15, 0.2) is 13.2 Å². The molecule has 0 N–H and O–H groups in total. The first-order valence-electron chi connectivity index (χ1n) is 7.45. The number of furan rings is 1. The van der Waals surface area contributed by atoms with Crippen molar-refractivity contribution in [1.82, 2.24) is 10.2 Å². The van der Waals surface area contributed by atoms with E-state index < -0.39 is 5.97 Å². The summed E-state index contributed by atoms with van der Waals surface area (Å²) in [5.41, 5.74) is 0.713. The van der Waals surface area contributed by atoms with E-state index in [9.17, 15) is 4.79 Å². The summed E-state index contributed by atoms with van der Waals surface area (Å²) in [5, 5.41) is 8.20. The minimum absolute atomic E-state index is 0.145. The first-order chi connectivity index (χ1) is 12.0. The molecule has 25 heavy (non-hydrogen) atoms. The van der Waals surface area contributed by atoms with Crippen molar-refractivity contribution < 1.29 is 23.1 Å². The Morgan fingerprint density at radius 1 is 1.20 bits per heavy atom. The van der Waals surface area contributed by atoms with Gasteiger partial charge in [-0.3, -0.25) is 0 Å². The lowest BCUT2D eigenvalue weighted by molar-refractivity contribution is -0.148. The zero-order chi connectivity index (χ0) is 17.8. The van der Waals surface area contributed by atoms with Gasteiger partial charge in [0.25, 0.3) is 11.8 Å². The van der Waals surface area contributed by atoms with Crippen LogP contribution in [0.15, 0.2) is 39.2 Å². The van der Waals surface area contributed by atoms with E-state index in [1.807, 2.05) is 6.92 Å². The van der Waals surface area contributed by atoms with Crippen LogP contribution in [-0.4, -0.2) is 22.8 Å². The molecule has 3 aromatic rings. The van der Waals surface area contributed by atoms with Gasteiger partial charge in [-0.2, -0.15) is 0 Å². The van der Waals surface area contributed by atoms with Gasteiger partial charge in [0.1, 0.15) is 17.3 Å². The number of hydrogen-bond donors (Lipinski definition) is 0. The van der Waals surface area contributed by atoms with Crippen molar-refractivity contribution in [3.63, 3.8) is 0 Å². The van der Waals surface area contributed by atoms with Crippen molar-refractivity contribution in [2.75, 3.05) is 6.61 Å². The molecule has 0 saturated heterocycles. The van der Waals surface area contributed by atoms with E-state index in [1.54, 1.807) is 37.3 Å². The summed E-state index contributed by atoms with van der Waals surface area (Å²) in [4.78, 5) is 11.7. The first kappa shape index (κ1) is 17.0. The summed E-state index contributed by atoms with van der Waals surface area (Å²) < 4.78 is 21.2. The molecular weight excluding hydrogens is 348 g/mol. The first-order valence-corrected chi connectivity index (χ1v) is 7.83. The molecule has 8 heteroatoms. The maximum Gasteiger partial charge on any atom is 0.344 e. The number of benzene rings is 1. The summed E-state index contributed by atoms with van der Waals surface area (Å²) in [5.74, 6) is 1.75. The number of esters is 1. The van der Waals surface area contributed by atoms with Crippen LogP contribution in [0.1, 0.15) is 17.4 Å². The van der Waals surface area contributed by atoms with Crippen LogP contribution in [0, 0.1) is 13.8 Å². The van der Waals surface area contributed by atoms with Crippen molar-refractivity contribution >= 4 is 17.6 Å². The highest BCUT2D eigenvalue weighted by Crippen LogP contribution is 2.25. The number of halogens is 1. The average molecular weight is 363 g/mol. The second kappa shape index (κ2) is 7.40. The lowest BCUT2D eigenvalue weighted by Gasteiger charge is -2.06. The molecule has 0 bridgehead atoms. The molecule has 130 valence electrons. The van der Waals surface area contributed by atoms with E-state index in [2.05, 4.69) is 10.2 Å². The second-order valence-electron chi connectivity index (χ2n) is 5.21. The Morgan fingerprint density at radius 2 is 2.00 bits per heavy atom. The standard InChI is InChI=1S/C17H15ClN2O5/c1-10-7-12(11(2)24-10)17-20-19-15(25-17)8-23-16(21)9-22-14-6-4-3-5-13(14)18/h3-7H,8-9H2,1-2H3. The van der Waals surface area contributed by atoms with E-state index in [0.29, 0.717) is 28.0 Å². The normalized spacial score (nSPS) is 10.7. The van der Waals surface area contributed by atoms with Crippen LogP contribution >= 0.6 is 11.6 Å². The summed E-state index contributed by atoms with van der Waals surface area (Å²) in [6, 6.07) is 8.66. The third-order valence-electron chi connectivity index (χ3n) is 3.28. The number of nitrogens with zero attached hydrogens (tertiary/aromatic N) is 2. The van der Waals surface area contributed by atoms with Gasteiger partial charge in [-0.05, 0) is 32.0 Å². The number of hydrogen-bond acceptors (Lipinski definition) is 7. The van der Waals surface area contributed by atoms with Crippen LogP contribution < -0.4 is 4.74 Å². The smallest absolute Gasteiger partial charge is 0.344 e. The minimum atomic E-state index is -0.574. The van der Waals surface area contributed by atoms with E-state index in [4.69, 9.17) is 29.9 Å². The van der Waals surface area contributed by atoms with Crippen LogP contribution in [0.5, 0.6) is 5.75 Å². The van der Waals surface area contributed by atoms with Crippen molar-refractivity contribution in [2.45, 2.75) is 20.5 Å². The SMILES string of the molecule is Cc1cc(-c2nnc(COC(=O)COc3ccccc3Cl)o2)c(C)o1. The van der Waals surface area contributed by atoms with Gasteiger partial charge >= 0.3 is 5.97 Å². The Labute approximate surface area is 148 Å². The van der Waals surface area contributed by atoms with Crippen LogP contribution in [-0.2, 0) is 16.1 Å². The van der Waals surface area contributed by atoms with E-state index in [0.717, 1.165) is 5.76 Å². The number of aromatic nitrogens is 2. The molecule has 0 unspecified atom stereocenters. The number of ether oxygens (including phenoxy) is 2. The fourth-order valence-corrected chi connectivity index (χ4v) is 2.34. The molecule has 0 atom stereocenters. The van der Waals surface area contributed by atoms with Gasteiger partial charge < -0.3 is 18.3 Å². The predicted octanol–water partition coefficient (Wildman–Crippen LogP) is 3.72. The molecule has 1 aromatic carbocycles. The van der Waals surface area contributed by atoms with E-state index >= 15 is 0 Å². The molecule has 0 aliphatic heterocycles. The Bertz CT molecular complexity index is 887. The zero-order valence-corrected chi connectivity index (χ0v) is 14.4. The number of carbonyl (C=O) groups excluding carboxylic acids is 1. The summed E-state index contributed by atoms with van der Waals surface area (Å²) in [6.45, 7) is 3.21. The number of rotatable bonds is 6. The van der Waals surface area contributed by atoms with Gasteiger partial charge in [-0.25, -0.2) is 4.79 Å². The van der Waals surface area contributed by atoms with Crippen molar-refractivity contribution in [3.8, 4) is 17.2 Å². The lowest BCUT2D eigenvalue weighted by atomic mass is 10.2. The fourth-order valence-electron chi connectivity index (χ4n) is 2.15. The number of aryl methyl sites for hydroxylation is 2. The van der Waals surface area contributed by atoms with Gasteiger partial charge in [0.2, 0.25) is 0 Å². The summed E-state index contributed by atoms with van der Waals surface area (Å²) in [6.07, 6.45) is 0. The minimum Gasteiger partial charge on any atom is -0.480 e. The Hall–Kier alpha value is -2.80. The monoisotopic (exact) mass is 362 g/mol. The molecule has 3 rings (SSSR count). The van der Waals surface area contributed by atoms with Crippen molar-refractivity contribution in [2.24, 2.45) is 0 Å². The maximum atomic E-state index is 11.7. The zero-order valence-electron chi connectivity index (χ0n) is 13.6. The van der Waals surface area contributed by atoms with Gasteiger partial charge in [0.05, 0.1) is 10.6 Å². The summed E-state index contributed by atoms with van der Waals surface area (Å²) in [7, 11) is 0. The topological polar surface area (TPSA) is 87.6 Å². The van der Waals surface area contributed by atoms with E-state index in [-0.39, 0.29) is 19.1 Å². The van der Waals surface area contributed by atoms with Gasteiger partial charge in [0, 0.05) is 0 Å². The number of carbonyl (C=O) groups is 1. The van der Waals surface area contributed by atoms with Gasteiger partial charge in [-0.15, -0.1) is 10.2 Å². The fraction of sp³-hybridized carbons (Fsp3) is 0.235. The molecule has 0 aliphatic rings. The van der Waals surface area contributed by atoms with Crippen LogP contribution in [0.3, 0.4) is 0 Å².